The largest absolute Gasteiger partial charge is 0.395 e. The Morgan fingerprint density at radius 1 is 1.48 bits per heavy atom. The van der Waals surface area contributed by atoms with E-state index in [1.807, 2.05) is 6.92 Å². The van der Waals surface area contributed by atoms with Gasteiger partial charge in [-0.15, -0.1) is 11.3 Å². The molecule has 5 nitrogen and oxygen atoms in total. The molecule has 1 atom stereocenters. The lowest BCUT2D eigenvalue weighted by Gasteiger charge is -2.20. The molecule has 2 N–H and O–H groups in total. The van der Waals surface area contributed by atoms with E-state index in [-0.39, 0.29) is 18.4 Å². The Hall–Kier alpha value is -1.84. The number of aliphatic hydroxyl groups is 1. The van der Waals surface area contributed by atoms with Crippen LogP contribution in [0.4, 0.5) is 0 Å². The normalized spacial score (nSPS) is 11.2. The van der Waals surface area contributed by atoms with E-state index in [2.05, 4.69) is 17.2 Å². The molecule has 114 valence electrons. The first-order valence-corrected chi connectivity index (χ1v) is 7.56. The number of likely N-dealkylation sites (N-methyl/N-ethyl adjacent to an activating group) is 1. The van der Waals surface area contributed by atoms with Crippen molar-refractivity contribution in [3.05, 3.63) is 21.9 Å². The number of carbonyl (C=O) groups is 2. The Labute approximate surface area is 129 Å². The molecule has 0 aliphatic heterocycles. The Morgan fingerprint density at radius 2 is 2.19 bits per heavy atom. The van der Waals surface area contributed by atoms with E-state index in [0.717, 1.165) is 4.88 Å². The number of nitrogens with zero attached hydrogens (tertiary/aromatic N) is 1. The van der Waals surface area contributed by atoms with E-state index in [9.17, 15) is 9.59 Å². The van der Waals surface area contributed by atoms with Crippen molar-refractivity contribution in [2.75, 3.05) is 20.2 Å². The van der Waals surface area contributed by atoms with Gasteiger partial charge in [0.05, 0.1) is 16.4 Å². The van der Waals surface area contributed by atoms with Gasteiger partial charge in [-0.3, -0.25) is 9.59 Å². The third kappa shape index (κ3) is 5.21. The zero-order valence-electron chi connectivity index (χ0n) is 12.5. The molecule has 1 unspecified atom stereocenters. The van der Waals surface area contributed by atoms with Crippen molar-refractivity contribution in [2.45, 2.75) is 26.3 Å². The molecule has 0 aliphatic rings. The summed E-state index contributed by atoms with van der Waals surface area (Å²) in [7, 11) is 1.70. The fourth-order valence-corrected chi connectivity index (χ4v) is 2.33. The predicted molar refractivity (Wildman–Crippen MR) is 83.1 cm³/mol. The molecule has 0 radical (unpaired) electrons. The minimum atomic E-state index is -0.562. The molecule has 1 aromatic heterocycles. The summed E-state index contributed by atoms with van der Waals surface area (Å²) >= 11 is 1.27. The van der Waals surface area contributed by atoms with Crippen molar-refractivity contribution in [3.8, 4) is 11.8 Å². The van der Waals surface area contributed by atoms with E-state index in [4.69, 9.17) is 5.11 Å². The van der Waals surface area contributed by atoms with Gasteiger partial charge in [0.15, 0.2) is 0 Å². The third-order valence-electron chi connectivity index (χ3n) is 2.85. The molecule has 0 aromatic carbocycles. The standard InChI is InChI=1S/C15H20N2O3S/c1-4-17(3)15(20)11(2)16-14(19)13-9-8-12(21-13)7-5-6-10-18/h8-9,11,18H,4,6,10H2,1-3H3,(H,16,19). The highest BCUT2D eigenvalue weighted by Crippen LogP contribution is 2.15. The van der Waals surface area contributed by atoms with Crippen molar-refractivity contribution in [1.29, 1.82) is 0 Å². The maximum atomic E-state index is 12.1. The fourth-order valence-electron chi connectivity index (χ4n) is 1.55. The van der Waals surface area contributed by atoms with Crippen LogP contribution in [0.2, 0.25) is 0 Å². The number of hydrogen-bond donors (Lipinski definition) is 2. The summed E-state index contributed by atoms with van der Waals surface area (Å²) in [6, 6.07) is 2.88. The summed E-state index contributed by atoms with van der Waals surface area (Å²) in [6.07, 6.45) is 0.411. The van der Waals surface area contributed by atoms with Gasteiger partial charge in [-0.05, 0) is 26.0 Å². The molecule has 1 aromatic rings. The van der Waals surface area contributed by atoms with E-state index in [1.165, 1.54) is 11.3 Å². The molecular weight excluding hydrogens is 288 g/mol. The summed E-state index contributed by atoms with van der Waals surface area (Å²) < 4.78 is 0. The molecule has 0 spiro atoms. The molecule has 21 heavy (non-hydrogen) atoms. The van der Waals surface area contributed by atoms with Crippen molar-refractivity contribution in [1.82, 2.24) is 10.2 Å². The van der Waals surface area contributed by atoms with Crippen LogP contribution in [0.3, 0.4) is 0 Å². The minimum Gasteiger partial charge on any atom is -0.395 e. The van der Waals surface area contributed by atoms with Crippen LogP contribution in [0.25, 0.3) is 0 Å². The maximum Gasteiger partial charge on any atom is 0.262 e. The number of aliphatic hydroxyl groups excluding tert-OH is 1. The van der Waals surface area contributed by atoms with Crippen LogP contribution in [0, 0.1) is 11.8 Å². The van der Waals surface area contributed by atoms with Gasteiger partial charge in [-0.1, -0.05) is 11.8 Å². The zero-order valence-corrected chi connectivity index (χ0v) is 13.3. The number of thiophene rings is 1. The van der Waals surface area contributed by atoms with Crippen LogP contribution in [0.15, 0.2) is 12.1 Å². The summed E-state index contributed by atoms with van der Waals surface area (Å²) in [5.41, 5.74) is 0. The van der Waals surface area contributed by atoms with Gasteiger partial charge in [-0.2, -0.15) is 0 Å². The fraction of sp³-hybridized carbons (Fsp3) is 0.467. The highest BCUT2D eigenvalue weighted by atomic mass is 32.1. The Morgan fingerprint density at radius 3 is 2.81 bits per heavy atom. The summed E-state index contributed by atoms with van der Waals surface area (Å²) in [5, 5.41) is 11.3. The van der Waals surface area contributed by atoms with Crippen LogP contribution < -0.4 is 5.32 Å². The van der Waals surface area contributed by atoms with Gasteiger partial charge in [0.2, 0.25) is 5.91 Å². The molecule has 2 amide bonds. The molecule has 6 heteroatoms. The van der Waals surface area contributed by atoms with E-state index in [0.29, 0.717) is 17.8 Å². The van der Waals surface area contributed by atoms with Crippen LogP contribution >= 0.6 is 11.3 Å². The Kier molecular flexibility index (Phi) is 6.92. The monoisotopic (exact) mass is 308 g/mol. The second-order valence-corrected chi connectivity index (χ2v) is 5.57. The van der Waals surface area contributed by atoms with E-state index >= 15 is 0 Å². The quantitative estimate of drug-likeness (QED) is 0.800. The van der Waals surface area contributed by atoms with Gasteiger partial charge >= 0.3 is 0 Å². The van der Waals surface area contributed by atoms with Gasteiger partial charge in [0.1, 0.15) is 6.04 Å². The highest BCUT2D eigenvalue weighted by molar-refractivity contribution is 7.14. The SMILES string of the molecule is CCN(C)C(=O)C(C)NC(=O)c1ccc(C#CCCO)s1. The molecule has 1 heterocycles. The minimum absolute atomic E-state index is 0.0241. The molecule has 0 saturated heterocycles. The second-order valence-electron chi connectivity index (χ2n) is 4.49. The number of nitrogens with one attached hydrogen (secondary N) is 1. The highest BCUT2D eigenvalue weighted by Gasteiger charge is 2.19. The molecule has 0 fully saturated rings. The smallest absolute Gasteiger partial charge is 0.262 e. The van der Waals surface area contributed by atoms with Gasteiger partial charge < -0.3 is 15.3 Å². The zero-order chi connectivity index (χ0) is 15.8. The molecule has 1 rings (SSSR count). The number of carbonyl (C=O) groups excluding carboxylic acids is 2. The maximum absolute atomic E-state index is 12.1. The van der Waals surface area contributed by atoms with Crippen molar-refractivity contribution < 1.29 is 14.7 Å². The molecular formula is C15H20N2O3S. The summed E-state index contributed by atoms with van der Waals surface area (Å²) in [6.45, 7) is 4.17. The third-order valence-corrected chi connectivity index (χ3v) is 3.85. The summed E-state index contributed by atoms with van der Waals surface area (Å²) in [4.78, 5) is 26.8. The number of hydrogen-bond acceptors (Lipinski definition) is 4. The van der Waals surface area contributed by atoms with Gasteiger partial charge in [0, 0.05) is 20.0 Å². The molecule has 0 aliphatic carbocycles. The Bertz CT molecular complexity index is 557. The number of rotatable bonds is 5. The van der Waals surface area contributed by atoms with Gasteiger partial charge in [-0.25, -0.2) is 0 Å². The van der Waals surface area contributed by atoms with Crippen molar-refractivity contribution >= 4 is 23.2 Å². The predicted octanol–water partition coefficient (Wildman–Crippen LogP) is 1.08. The van der Waals surface area contributed by atoms with Crippen LogP contribution in [0.1, 0.15) is 34.8 Å². The number of amides is 2. The van der Waals surface area contributed by atoms with Crippen LogP contribution in [-0.2, 0) is 4.79 Å². The first-order valence-electron chi connectivity index (χ1n) is 6.75. The first-order chi connectivity index (χ1) is 9.99. The molecule has 0 saturated carbocycles. The summed E-state index contributed by atoms with van der Waals surface area (Å²) in [5.74, 6) is 5.28. The Balaban J connectivity index is 2.64. The average Bonchev–Trinajstić information content (AvgIpc) is 2.94. The first kappa shape index (κ1) is 17.2. The average molecular weight is 308 g/mol. The molecule has 0 bridgehead atoms. The van der Waals surface area contributed by atoms with Crippen molar-refractivity contribution in [3.63, 3.8) is 0 Å². The lowest BCUT2D eigenvalue weighted by atomic mass is 10.3. The topological polar surface area (TPSA) is 69.6 Å². The van der Waals surface area contributed by atoms with Crippen LogP contribution in [-0.4, -0.2) is 48.1 Å². The van der Waals surface area contributed by atoms with Gasteiger partial charge in [0.25, 0.3) is 5.91 Å². The van der Waals surface area contributed by atoms with Crippen LogP contribution in [0.5, 0.6) is 0 Å². The van der Waals surface area contributed by atoms with E-state index < -0.39 is 6.04 Å². The van der Waals surface area contributed by atoms with E-state index in [1.54, 1.807) is 31.0 Å². The van der Waals surface area contributed by atoms with Crippen molar-refractivity contribution in [2.24, 2.45) is 0 Å². The lowest BCUT2D eigenvalue weighted by molar-refractivity contribution is -0.131. The lowest BCUT2D eigenvalue weighted by Crippen LogP contribution is -2.45. The second kappa shape index (κ2) is 8.45.